The van der Waals surface area contributed by atoms with Crippen LogP contribution in [0.15, 0.2) is 53.2 Å². The minimum absolute atomic E-state index is 0.0807. The van der Waals surface area contributed by atoms with E-state index >= 15 is 0 Å². The Labute approximate surface area is 238 Å². The summed E-state index contributed by atoms with van der Waals surface area (Å²) in [7, 11) is 0. The van der Waals surface area contributed by atoms with Crippen molar-refractivity contribution in [2.45, 2.75) is 63.6 Å². The number of imidazole rings is 1. The van der Waals surface area contributed by atoms with Crippen LogP contribution in [-0.4, -0.2) is 68.3 Å². The Kier molecular flexibility index (Phi) is 7.52. The van der Waals surface area contributed by atoms with E-state index in [4.69, 9.17) is 9.15 Å². The number of piperazine rings is 1. The van der Waals surface area contributed by atoms with Gasteiger partial charge in [0.25, 0.3) is 5.91 Å². The second-order valence-electron chi connectivity index (χ2n) is 11.3. The maximum atomic E-state index is 14.9. The van der Waals surface area contributed by atoms with Crippen molar-refractivity contribution >= 4 is 17.0 Å². The summed E-state index contributed by atoms with van der Waals surface area (Å²) in [5.74, 6) is -0.244. The highest BCUT2D eigenvalue weighted by atomic mass is 19.1. The molecule has 2 aromatic carbocycles. The minimum atomic E-state index is -0.888. The SMILES string of the molecule is Cc1nc2ccc(OCC[C@@H]3CNCCN3C(=O)c3ncn([C@@H]4CCCC[C@]4(C)O)c3-c3ccccc3)c(F)c2o1. The number of ether oxygens (including phenoxy) is 1. The molecule has 10 heteroatoms. The molecule has 41 heavy (non-hydrogen) atoms. The largest absolute Gasteiger partial charge is 0.490 e. The molecule has 9 nitrogen and oxygen atoms in total. The molecule has 2 fully saturated rings. The topological polar surface area (TPSA) is 106 Å². The van der Waals surface area contributed by atoms with Crippen molar-refractivity contribution in [1.82, 2.24) is 24.8 Å². The number of benzene rings is 2. The number of carbonyl (C=O) groups excluding carboxylic acids is 1. The average molecular weight is 562 g/mol. The molecule has 1 amide bonds. The number of aromatic nitrogens is 3. The van der Waals surface area contributed by atoms with Crippen LogP contribution in [0.2, 0.25) is 0 Å². The lowest BCUT2D eigenvalue weighted by Gasteiger charge is -2.39. The second-order valence-corrected chi connectivity index (χ2v) is 11.3. The van der Waals surface area contributed by atoms with E-state index in [1.165, 1.54) is 0 Å². The van der Waals surface area contributed by atoms with E-state index in [-0.39, 0.29) is 35.9 Å². The summed E-state index contributed by atoms with van der Waals surface area (Å²) in [4.78, 5) is 24.8. The second kappa shape index (κ2) is 11.3. The predicted molar refractivity (Wildman–Crippen MR) is 152 cm³/mol. The molecule has 2 N–H and O–H groups in total. The molecular weight excluding hydrogens is 525 g/mol. The molecule has 1 saturated carbocycles. The number of hydrogen-bond acceptors (Lipinski definition) is 7. The van der Waals surface area contributed by atoms with Crippen LogP contribution in [0.5, 0.6) is 5.75 Å². The lowest BCUT2D eigenvalue weighted by atomic mass is 9.81. The first-order valence-electron chi connectivity index (χ1n) is 14.4. The molecule has 0 unspecified atom stereocenters. The molecule has 1 aliphatic carbocycles. The summed E-state index contributed by atoms with van der Waals surface area (Å²) in [5, 5.41) is 14.6. The van der Waals surface area contributed by atoms with E-state index in [1.54, 1.807) is 25.4 Å². The fraction of sp³-hybridized carbons (Fsp3) is 0.452. The van der Waals surface area contributed by atoms with Crippen molar-refractivity contribution in [3.05, 3.63) is 66.2 Å². The molecule has 216 valence electrons. The van der Waals surface area contributed by atoms with E-state index in [1.807, 2.05) is 46.7 Å². The lowest BCUT2D eigenvalue weighted by molar-refractivity contribution is -0.0243. The molecule has 0 radical (unpaired) electrons. The van der Waals surface area contributed by atoms with Crippen molar-refractivity contribution < 1.29 is 23.4 Å². The molecule has 6 rings (SSSR count). The zero-order valence-electron chi connectivity index (χ0n) is 23.5. The first-order chi connectivity index (χ1) is 19.8. The Morgan fingerprint density at radius 1 is 1.24 bits per heavy atom. The molecule has 4 aromatic rings. The summed E-state index contributed by atoms with van der Waals surface area (Å²) in [6.45, 7) is 5.55. The highest BCUT2D eigenvalue weighted by Crippen LogP contribution is 2.40. The number of rotatable bonds is 7. The number of halogens is 1. The Bertz CT molecular complexity index is 1530. The maximum absolute atomic E-state index is 14.9. The van der Waals surface area contributed by atoms with Gasteiger partial charge in [-0.1, -0.05) is 43.2 Å². The van der Waals surface area contributed by atoms with Crippen LogP contribution in [0.3, 0.4) is 0 Å². The zero-order valence-corrected chi connectivity index (χ0v) is 23.5. The first-order valence-corrected chi connectivity index (χ1v) is 14.4. The van der Waals surface area contributed by atoms with Crippen molar-refractivity contribution in [2.24, 2.45) is 0 Å². The average Bonchev–Trinajstić information content (AvgIpc) is 3.58. The van der Waals surface area contributed by atoms with Crippen LogP contribution >= 0.6 is 0 Å². The van der Waals surface area contributed by atoms with E-state index < -0.39 is 11.4 Å². The number of carbonyl (C=O) groups is 1. The Morgan fingerprint density at radius 3 is 2.88 bits per heavy atom. The normalized spacial score (nSPS) is 23.2. The first kappa shape index (κ1) is 27.4. The number of aryl methyl sites for hydroxylation is 1. The molecule has 2 aliphatic rings. The zero-order chi connectivity index (χ0) is 28.6. The Hall–Kier alpha value is -3.76. The summed E-state index contributed by atoms with van der Waals surface area (Å²) in [6.07, 6.45) is 5.73. The molecule has 0 spiro atoms. The third kappa shape index (κ3) is 5.34. The number of oxazole rings is 1. The predicted octanol–water partition coefficient (Wildman–Crippen LogP) is 4.89. The fourth-order valence-electron chi connectivity index (χ4n) is 6.26. The van der Waals surface area contributed by atoms with Crippen LogP contribution < -0.4 is 10.1 Å². The van der Waals surface area contributed by atoms with Gasteiger partial charge >= 0.3 is 0 Å². The standard InChI is InChI=1S/C31H36FN5O4/c1-20-35-23-11-12-24(26(32)29(23)41-20)40-17-13-22-18-33-15-16-36(22)30(38)27-28(21-8-4-3-5-9-21)37(19-34-27)25-10-6-7-14-31(25,2)39/h3-5,8-9,11-12,19,22,25,33,39H,6-7,10,13-18H2,1-2H3/t22-,25-,31+/m1/s1. The van der Waals surface area contributed by atoms with Crippen molar-refractivity contribution in [2.75, 3.05) is 26.2 Å². The van der Waals surface area contributed by atoms with Gasteiger partial charge in [-0.2, -0.15) is 4.39 Å². The van der Waals surface area contributed by atoms with Gasteiger partial charge in [0.05, 0.1) is 30.3 Å². The molecule has 1 aliphatic heterocycles. The number of aliphatic hydroxyl groups is 1. The lowest BCUT2D eigenvalue weighted by Crippen LogP contribution is -2.54. The highest BCUT2D eigenvalue weighted by Gasteiger charge is 2.39. The van der Waals surface area contributed by atoms with E-state index in [9.17, 15) is 14.3 Å². The van der Waals surface area contributed by atoms with Gasteiger partial charge in [0.1, 0.15) is 5.52 Å². The minimum Gasteiger partial charge on any atom is -0.490 e. The number of amides is 1. The van der Waals surface area contributed by atoms with Crippen molar-refractivity contribution in [1.29, 1.82) is 0 Å². The van der Waals surface area contributed by atoms with Crippen LogP contribution in [0.4, 0.5) is 4.39 Å². The van der Waals surface area contributed by atoms with Crippen LogP contribution in [0.25, 0.3) is 22.4 Å². The summed E-state index contributed by atoms with van der Waals surface area (Å²) < 4.78 is 28.1. The van der Waals surface area contributed by atoms with E-state index in [0.29, 0.717) is 49.6 Å². The fourth-order valence-corrected chi connectivity index (χ4v) is 6.26. The molecular formula is C31H36FN5O4. The van der Waals surface area contributed by atoms with Crippen LogP contribution in [0.1, 0.15) is 61.4 Å². The number of hydrogen-bond donors (Lipinski definition) is 2. The van der Waals surface area contributed by atoms with E-state index in [0.717, 1.165) is 30.5 Å². The maximum Gasteiger partial charge on any atom is 0.275 e. The van der Waals surface area contributed by atoms with Crippen LogP contribution in [0, 0.1) is 12.7 Å². The summed E-state index contributed by atoms with van der Waals surface area (Å²) in [6, 6.07) is 12.7. The quantitative estimate of drug-likeness (QED) is 0.331. The summed E-state index contributed by atoms with van der Waals surface area (Å²) in [5.41, 5.74) is 1.64. The van der Waals surface area contributed by atoms with Gasteiger partial charge in [-0.05, 0) is 31.9 Å². The highest BCUT2D eigenvalue weighted by molar-refractivity contribution is 5.98. The summed E-state index contributed by atoms with van der Waals surface area (Å²) >= 11 is 0. The third-order valence-electron chi connectivity index (χ3n) is 8.40. The van der Waals surface area contributed by atoms with E-state index in [2.05, 4.69) is 15.3 Å². The molecule has 1 saturated heterocycles. The monoisotopic (exact) mass is 561 g/mol. The van der Waals surface area contributed by atoms with Gasteiger partial charge in [-0.3, -0.25) is 4.79 Å². The van der Waals surface area contributed by atoms with Gasteiger partial charge in [0.15, 0.2) is 22.9 Å². The number of nitrogens with zero attached hydrogens (tertiary/aromatic N) is 4. The Balaban J connectivity index is 1.24. The molecule has 2 aromatic heterocycles. The third-order valence-corrected chi connectivity index (χ3v) is 8.40. The molecule has 3 atom stereocenters. The van der Waals surface area contributed by atoms with Gasteiger partial charge < -0.3 is 29.0 Å². The van der Waals surface area contributed by atoms with Gasteiger partial charge in [0, 0.05) is 44.6 Å². The molecule has 0 bridgehead atoms. The van der Waals surface area contributed by atoms with Crippen LogP contribution in [-0.2, 0) is 0 Å². The molecule has 3 heterocycles. The number of nitrogens with one attached hydrogen (secondary N) is 1. The Morgan fingerprint density at radius 2 is 2.07 bits per heavy atom. The number of fused-ring (bicyclic) bond motifs is 1. The van der Waals surface area contributed by atoms with Gasteiger partial charge in [-0.25, -0.2) is 9.97 Å². The van der Waals surface area contributed by atoms with Crippen molar-refractivity contribution in [3.8, 4) is 17.0 Å². The van der Waals surface area contributed by atoms with Gasteiger partial charge in [-0.15, -0.1) is 0 Å². The van der Waals surface area contributed by atoms with Gasteiger partial charge in [0.2, 0.25) is 5.82 Å². The smallest absolute Gasteiger partial charge is 0.275 e. The van der Waals surface area contributed by atoms with Crippen molar-refractivity contribution in [3.63, 3.8) is 0 Å².